The molecule has 0 amide bonds. The molecule has 0 radical (unpaired) electrons. The number of halogens is 1. The lowest BCUT2D eigenvalue weighted by atomic mass is 9.95. The third-order valence-electron chi connectivity index (χ3n) is 4.52. The molecule has 1 fully saturated rings. The molecular weight excluding hydrogens is 388 g/mol. The molecule has 2 N–H and O–H groups in total. The van der Waals surface area contributed by atoms with Crippen molar-refractivity contribution in [3.63, 3.8) is 0 Å². The van der Waals surface area contributed by atoms with Gasteiger partial charge in [-0.1, -0.05) is 37.1 Å². The van der Waals surface area contributed by atoms with E-state index in [9.17, 15) is 4.79 Å². The number of rotatable bonds is 8. The fraction of sp³-hybridized carbons (Fsp3) is 0.500. The molecule has 1 saturated carbocycles. The molecule has 0 bridgehead atoms. The maximum Gasteiger partial charge on any atom is 0.313 e. The number of aliphatic carboxylic acids is 1. The Morgan fingerprint density at radius 1 is 1.33 bits per heavy atom. The Labute approximate surface area is 169 Å². The predicted molar refractivity (Wildman–Crippen MR) is 108 cm³/mol. The molecule has 148 valence electrons. The molecule has 1 aromatic carbocycles. The van der Waals surface area contributed by atoms with Crippen LogP contribution < -0.4 is 10.1 Å². The minimum Gasteiger partial charge on any atom is -0.497 e. The third-order valence-corrected chi connectivity index (χ3v) is 5.45. The monoisotopic (exact) mass is 412 g/mol. The van der Waals surface area contributed by atoms with Gasteiger partial charge in [0.1, 0.15) is 5.75 Å². The summed E-state index contributed by atoms with van der Waals surface area (Å²) in [5.41, 5.74) is 0.947. The Balaban J connectivity index is 0.00000261. The van der Waals surface area contributed by atoms with Gasteiger partial charge >= 0.3 is 5.97 Å². The molecule has 0 unspecified atom stereocenters. The minimum atomic E-state index is -0.843. The normalized spacial score (nSPS) is 14.4. The van der Waals surface area contributed by atoms with Gasteiger partial charge < -0.3 is 19.7 Å². The fourth-order valence-electron chi connectivity index (χ4n) is 3.27. The summed E-state index contributed by atoms with van der Waals surface area (Å²) in [6.07, 6.45) is 5.81. The zero-order chi connectivity index (χ0) is 18.4. The second kappa shape index (κ2) is 10.4. The number of nitrogens with zero attached hydrogens (tertiary/aromatic N) is 3. The number of carboxylic acids is 1. The van der Waals surface area contributed by atoms with Crippen molar-refractivity contribution in [2.75, 3.05) is 18.2 Å². The van der Waals surface area contributed by atoms with E-state index in [1.54, 1.807) is 7.11 Å². The highest BCUT2D eigenvalue weighted by molar-refractivity contribution is 7.99. The summed E-state index contributed by atoms with van der Waals surface area (Å²) in [5.74, 6) is 0.784. The van der Waals surface area contributed by atoms with E-state index in [1.165, 1.54) is 31.0 Å². The molecule has 1 aromatic heterocycles. The zero-order valence-electron chi connectivity index (χ0n) is 15.3. The van der Waals surface area contributed by atoms with E-state index in [0.717, 1.165) is 30.1 Å². The van der Waals surface area contributed by atoms with E-state index in [0.29, 0.717) is 17.7 Å². The first-order valence-electron chi connectivity index (χ1n) is 8.83. The van der Waals surface area contributed by atoms with Crippen molar-refractivity contribution in [2.24, 2.45) is 0 Å². The van der Waals surface area contributed by atoms with Crippen LogP contribution in [0.1, 0.15) is 44.0 Å². The second-order valence-electron chi connectivity index (χ2n) is 6.33. The van der Waals surface area contributed by atoms with E-state index in [2.05, 4.69) is 20.1 Å². The highest BCUT2D eigenvalue weighted by Crippen LogP contribution is 2.32. The van der Waals surface area contributed by atoms with Gasteiger partial charge in [0.15, 0.2) is 11.0 Å². The van der Waals surface area contributed by atoms with Crippen LogP contribution in [0.2, 0.25) is 0 Å². The van der Waals surface area contributed by atoms with Gasteiger partial charge in [0.05, 0.1) is 19.4 Å². The van der Waals surface area contributed by atoms with Crippen LogP contribution in [0.15, 0.2) is 29.4 Å². The molecule has 0 spiro atoms. The van der Waals surface area contributed by atoms with Crippen LogP contribution in [0.25, 0.3) is 0 Å². The summed E-state index contributed by atoms with van der Waals surface area (Å²) in [5, 5.41) is 21.6. The molecule has 3 rings (SSSR count). The summed E-state index contributed by atoms with van der Waals surface area (Å²) in [7, 11) is 1.64. The average Bonchev–Trinajstić information content (AvgIpc) is 3.08. The summed E-state index contributed by atoms with van der Waals surface area (Å²) >= 11 is 1.24. The van der Waals surface area contributed by atoms with Crippen LogP contribution in [0.3, 0.4) is 0 Å². The standard InChI is InChI=1S/C18H24N4O3S.ClH/c1-25-15-9-5-6-13(10-15)19-11-16-20-21-18(26-12-17(23)24)22(16)14-7-3-2-4-8-14;/h5-6,9-10,14,19H,2-4,7-8,11-12H2,1H3,(H,23,24);1H. The van der Waals surface area contributed by atoms with E-state index >= 15 is 0 Å². The lowest BCUT2D eigenvalue weighted by Crippen LogP contribution is -2.18. The summed E-state index contributed by atoms with van der Waals surface area (Å²) < 4.78 is 7.39. The number of aromatic nitrogens is 3. The largest absolute Gasteiger partial charge is 0.497 e. The number of thioether (sulfide) groups is 1. The number of hydrogen-bond acceptors (Lipinski definition) is 6. The Bertz CT molecular complexity index is 750. The van der Waals surface area contributed by atoms with Crippen LogP contribution in [-0.4, -0.2) is 38.7 Å². The first-order valence-corrected chi connectivity index (χ1v) is 9.82. The molecule has 27 heavy (non-hydrogen) atoms. The Morgan fingerprint density at radius 3 is 2.81 bits per heavy atom. The molecule has 1 aliphatic rings. The fourth-order valence-corrected chi connectivity index (χ4v) is 4.02. The zero-order valence-corrected chi connectivity index (χ0v) is 16.9. The number of methoxy groups -OCH3 is 1. The number of nitrogens with one attached hydrogen (secondary N) is 1. The Morgan fingerprint density at radius 2 is 2.11 bits per heavy atom. The van der Waals surface area contributed by atoms with Gasteiger partial charge in [-0.15, -0.1) is 22.6 Å². The van der Waals surface area contributed by atoms with E-state index < -0.39 is 5.97 Å². The number of ether oxygens (including phenoxy) is 1. The molecule has 2 aromatic rings. The number of benzene rings is 1. The van der Waals surface area contributed by atoms with Crippen molar-refractivity contribution in [2.45, 2.75) is 49.8 Å². The van der Waals surface area contributed by atoms with Gasteiger partial charge in [-0.05, 0) is 25.0 Å². The lowest BCUT2D eigenvalue weighted by Gasteiger charge is -2.25. The van der Waals surface area contributed by atoms with Crippen molar-refractivity contribution < 1.29 is 14.6 Å². The van der Waals surface area contributed by atoms with Gasteiger partial charge in [-0.25, -0.2) is 0 Å². The summed E-state index contributed by atoms with van der Waals surface area (Å²) in [6.45, 7) is 0.532. The van der Waals surface area contributed by atoms with E-state index in [1.807, 2.05) is 24.3 Å². The number of hydrogen-bond donors (Lipinski definition) is 2. The number of carboxylic acid groups (broad SMARTS) is 1. The maximum absolute atomic E-state index is 10.9. The molecular formula is C18H25ClN4O3S. The topological polar surface area (TPSA) is 89.3 Å². The first kappa shape index (κ1) is 21.4. The molecule has 1 heterocycles. The average molecular weight is 413 g/mol. The van der Waals surface area contributed by atoms with Crippen molar-refractivity contribution in [3.05, 3.63) is 30.1 Å². The van der Waals surface area contributed by atoms with Gasteiger partial charge in [0.2, 0.25) is 0 Å². The molecule has 9 heteroatoms. The minimum absolute atomic E-state index is 0. The Kier molecular flexibility index (Phi) is 8.24. The Hall–Kier alpha value is -1.93. The first-order chi connectivity index (χ1) is 12.7. The van der Waals surface area contributed by atoms with Crippen molar-refractivity contribution in [3.8, 4) is 5.75 Å². The van der Waals surface area contributed by atoms with Gasteiger partial charge in [-0.3, -0.25) is 4.79 Å². The van der Waals surface area contributed by atoms with Crippen molar-refractivity contribution in [1.29, 1.82) is 0 Å². The predicted octanol–water partition coefficient (Wildman–Crippen LogP) is 4.00. The van der Waals surface area contributed by atoms with E-state index in [4.69, 9.17) is 9.84 Å². The number of carbonyl (C=O) groups is 1. The molecule has 0 saturated heterocycles. The molecule has 0 atom stereocenters. The second-order valence-corrected chi connectivity index (χ2v) is 7.27. The van der Waals surface area contributed by atoms with Crippen LogP contribution in [0.5, 0.6) is 5.75 Å². The lowest BCUT2D eigenvalue weighted by molar-refractivity contribution is -0.133. The van der Waals surface area contributed by atoms with Crippen molar-refractivity contribution >= 4 is 35.8 Å². The van der Waals surface area contributed by atoms with Gasteiger partial charge in [-0.2, -0.15) is 0 Å². The smallest absolute Gasteiger partial charge is 0.313 e. The third kappa shape index (κ3) is 5.77. The molecule has 1 aliphatic carbocycles. The maximum atomic E-state index is 10.9. The van der Waals surface area contributed by atoms with Gasteiger partial charge in [0, 0.05) is 17.8 Å². The van der Waals surface area contributed by atoms with Crippen molar-refractivity contribution in [1.82, 2.24) is 14.8 Å². The SMILES string of the molecule is COc1cccc(NCc2nnc(SCC(=O)O)n2C2CCCCC2)c1.Cl. The quantitative estimate of drug-likeness (QED) is 0.633. The number of anilines is 1. The van der Waals surface area contributed by atoms with E-state index in [-0.39, 0.29) is 18.2 Å². The molecule has 0 aliphatic heterocycles. The van der Waals surface area contributed by atoms with Crippen LogP contribution >= 0.6 is 24.2 Å². The highest BCUT2D eigenvalue weighted by atomic mass is 35.5. The van der Waals surface area contributed by atoms with Gasteiger partial charge in [0.25, 0.3) is 0 Å². The highest BCUT2D eigenvalue weighted by Gasteiger charge is 2.23. The van der Waals surface area contributed by atoms with Crippen LogP contribution in [-0.2, 0) is 11.3 Å². The van der Waals surface area contributed by atoms with Crippen LogP contribution in [0, 0.1) is 0 Å². The van der Waals surface area contributed by atoms with Crippen LogP contribution in [0.4, 0.5) is 5.69 Å². The molecule has 7 nitrogen and oxygen atoms in total. The summed E-state index contributed by atoms with van der Waals surface area (Å²) in [6, 6.07) is 8.08. The summed E-state index contributed by atoms with van der Waals surface area (Å²) in [4.78, 5) is 10.9.